The number of benzene rings is 1. The lowest BCUT2D eigenvalue weighted by Gasteiger charge is -2.22. The second-order valence-corrected chi connectivity index (χ2v) is 8.47. The van der Waals surface area contributed by atoms with Gasteiger partial charge >= 0.3 is 0 Å². The first-order chi connectivity index (χ1) is 16.6. The molecule has 2 atom stereocenters. The van der Waals surface area contributed by atoms with Crippen molar-refractivity contribution in [3.8, 4) is 17.0 Å². The fraction of sp³-hybridized carbons (Fsp3) is 0.440. The van der Waals surface area contributed by atoms with Gasteiger partial charge in [-0.2, -0.15) is 0 Å². The van der Waals surface area contributed by atoms with Crippen molar-refractivity contribution in [2.24, 2.45) is 0 Å². The van der Waals surface area contributed by atoms with E-state index < -0.39 is 0 Å². The van der Waals surface area contributed by atoms with E-state index >= 15 is 0 Å². The van der Waals surface area contributed by atoms with Gasteiger partial charge in [-0.1, -0.05) is 25.4 Å². The van der Waals surface area contributed by atoms with Gasteiger partial charge in [-0.15, -0.1) is 0 Å². The minimum atomic E-state index is -0.0129. The van der Waals surface area contributed by atoms with Crippen LogP contribution in [-0.4, -0.2) is 58.9 Å². The lowest BCUT2D eigenvalue weighted by molar-refractivity contribution is 0.0719. The Labute approximate surface area is 205 Å². The topological polar surface area (TPSA) is 85.3 Å². The summed E-state index contributed by atoms with van der Waals surface area (Å²) in [6.07, 6.45) is 4.97. The van der Waals surface area contributed by atoms with Crippen molar-refractivity contribution in [2.75, 3.05) is 37.0 Å². The molecule has 34 heavy (non-hydrogen) atoms. The number of nitrogens with zero attached hydrogens (tertiary/aromatic N) is 5. The van der Waals surface area contributed by atoms with Crippen LogP contribution in [0.25, 0.3) is 11.3 Å². The number of hydrogen-bond donors (Lipinski definition) is 1. The highest BCUT2D eigenvalue weighted by Gasteiger charge is 2.35. The third-order valence-corrected chi connectivity index (χ3v) is 6.26. The molecule has 0 bridgehead atoms. The molecule has 1 N–H and O–H groups in total. The molecule has 0 aliphatic carbocycles. The maximum absolute atomic E-state index is 6.58. The van der Waals surface area contributed by atoms with Crippen molar-refractivity contribution in [1.82, 2.24) is 19.9 Å². The molecule has 1 aromatic carbocycles. The standard InChI is InChI=1S/C25H31ClN6O2/c1-5-19-23(17-10-9-16(33-4)13-18(17)26)29-20(6-2)24(30-19)31-21-14-32(15-22(21)34-7-3)25-27-11-8-12-28-25/h8-13,21-22H,5-7,14-15H2,1-4H3,(H,30,31)/t21-,22-/m1/s1. The number of methoxy groups -OCH3 is 1. The average molecular weight is 483 g/mol. The summed E-state index contributed by atoms with van der Waals surface area (Å²) in [5, 5.41) is 4.23. The molecule has 0 radical (unpaired) electrons. The number of halogens is 1. The largest absolute Gasteiger partial charge is 0.497 e. The second kappa shape index (κ2) is 11.0. The Morgan fingerprint density at radius 3 is 2.47 bits per heavy atom. The van der Waals surface area contributed by atoms with Crippen LogP contribution in [0.3, 0.4) is 0 Å². The van der Waals surface area contributed by atoms with Crippen molar-refractivity contribution in [2.45, 2.75) is 45.8 Å². The van der Waals surface area contributed by atoms with Gasteiger partial charge in [0, 0.05) is 37.7 Å². The number of nitrogens with one attached hydrogen (secondary N) is 1. The van der Waals surface area contributed by atoms with Gasteiger partial charge < -0.3 is 19.7 Å². The summed E-state index contributed by atoms with van der Waals surface area (Å²) < 4.78 is 11.4. The molecule has 180 valence electrons. The van der Waals surface area contributed by atoms with Gasteiger partial charge in [-0.25, -0.2) is 19.9 Å². The summed E-state index contributed by atoms with van der Waals surface area (Å²) in [5.41, 5.74) is 3.45. The number of anilines is 2. The molecule has 4 rings (SSSR count). The van der Waals surface area contributed by atoms with E-state index in [-0.39, 0.29) is 12.1 Å². The van der Waals surface area contributed by atoms with Crippen LogP contribution >= 0.6 is 11.6 Å². The summed E-state index contributed by atoms with van der Waals surface area (Å²) in [4.78, 5) is 21.0. The third-order valence-electron chi connectivity index (χ3n) is 5.95. The first kappa shape index (κ1) is 24.2. The lowest BCUT2D eigenvalue weighted by Crippen LogP contribution is -2.35. The number of rotatable bonds is 9. The Hall–Kier alpha value is -2.97. The number of aromatic nitrogens is 4. The third kappa shape index (κ3) is 5.08. The highest BCUT2D eigenvalue weighted by molar-refractivity contribution is 6.33. The molecule has 3 heterocycles. The lowest BCUT2D eigenvalue weighted by atomic mass is 10.1. The van der Waals surface area contributed by atoms with Crippen LogP contribution in [-0.2, 0) is 17.6 Å². The molecular formula is C25H31ClN6O2. The van der Waals surface area contributed by atoms with E-state index in [0.717, 1.165) is 41.3 Å². The molecule has 3 aromatic rings. The zero-order valence-electron chi connectivity index (χ0n) is 20.1. The van der Waals surface area contributed by atoms with Gasteiger partial charge in [0.2, 0.25) is 5.95 Å². The summed E-state index contributed by atoms with van der Waals surface area (Å²) in [5.74, 6) is 2.21. The molecule has 1 aliphatic rings. The van der Waals surface area contributed by atoms with Crippen molar-refractivity contribution in [3.05, 3.63) is 53.1 Å². The highest BCUT2D eigenvalue weighted by Crippen LogP contribution is 2.33. The zero-order chi connectivity index (χ0) is 24.1. The first-order valence-corrected chi connectivity index (χ1v) is 12.1. The molecule has 1 aliphatic heterocycles. The molecular weight excluding hydrogens is 452 g/mol. The number of aryl methyl sites for hydroxylation is 2. The van der Waals surface area contributed by atoms with Crippen LogP contribution in [0.2, 0.25) is 5.02 Å². The fourth-order valence-electron chi connectivity index (χ4n) is 4.23. The van der Waals surface area contributed by atoms with Crippen LogP contribution in [0.15, 0.2) is 36.7 Å². The SMILES string of the molecule is CCO[C@@H]1CN(c2ncccn2)C[C@H]1Nc1nc(CC)c(-c2ccc(OC)cc2Cl)nc1CC. The first-order valence-electron chi connectivity index (χ1n) is 11.7. The van der Waals surface area contributed by atoms with Gasteiger partial charge in [-0.3, -0.25) is 0 Å². The minimum Gasteiger partial charge on any atom is -0.497 e. The summed E-state index contributed by atoms with van der Waals surface area (Å²) >= 11 is 6.58. The monoisotopic (exact) mass is 482 g/mol. The minimum absolute atomic E-state index is 0.0129. The van der Waals surface area contributed by atoms with E-state index in [0.29, 0.717) is 36.4 Å². The van der Waals surface area contributed by atoms with E-state index in [1.54, 1.807) is 25.6 Å². The molecule has 1 fully saturated rings. The van der Waals surface area contributed by atoms with Gasteiger partial charge in [0.1, 0.15) is 11.6 Å². The molecule has 1 saturated heterocycles. The van der Waals surface area contributed by atoms with Crippen LogP contribution in [0.5, 0.6) is 5.75 Å². The van der Waals surface area contributed by atoms with E-state index in [9.17, 15) is 0 Å². The van der Waals surface area contributed by atoms with Gasteiger partial charge in [0.25, 0.3) is 0 Å². The van der Waals surface area contributed by atoms with E-state index in [2.05, 4.69) is 34.0 Å². The Bertz CT molecular complexity index is 1110. The Morgan fingerprint density at radius 1 is 1.06 bits per heavy atom. The zero-order valence-corrected chi connectivity index (χ0v) is 20.8. The molecule has 0 saturated carbocycles. The molecule has 0 spiro atoms. The van der Waals surface area contributed by atoms with Crippen LogP contribution in [0, 0.1) is 0 Å². The predicted octanol–water partition coefficient (Wildman–Crippen LogP) is 4.43. The van der Waals surface area contributed by atoms with Gasteiger partial charge in [0.15, 0.2) is 0 Å². The summed E-state index contributed by atoms with van der Waals surface area (Å²) in [7, 11) is 1.63. The smallest absolute Gasteiger partial charge is 0.225 e. The van der Waals surface area contributed by atoms with Crippen molar-refractivity contribution >= 4 is 23.4 Å². The van der Waals surface area contributed by atoms with Crippen LogP contribution in [0.1, 0.15) is 32.2 Å². The Balaban J connectivity index is 1.65. The molecule has 8 nitrogen and oxygen atoms in total. The second-order valence-electron chi connectivity index (χ2n) is 8.07. The average Bonchev–Trinajstić information content (AvgIpc) is 3.26. The maximum Gasteiger partial charge on any atom is 0.225 e. The molecule has 0 unspecified atom stereocenters. The van der Waals surface area contributed by atoms with Crippen molar-refractivity contribution in [1.29, 1.82) is 0 Å². The van der Waals surface area contributed by atoms with Crippen molar-refractivity contribution in [3.63, 3.8) is 0 Å². The van der Waals surface area contributed by atoms with Crippen LogP contribution < -0.4 is 15.0 Å². The van der Waals surface area contributed by atoms with Crippen molar-refractivity contribution < 1.29 is 9.47 Å². The van der Waals surface area contributed by atoms with Gasteiger partial charge in [-0.05, 0) is 44.0 Å². The Morgan fingerprint density at radius 2 is 1.82 bits per heavy atom. The Kier molecular flexibility index (Phi) is 7.80. The van der Waals surface area contributed by atoms with E-state index in [4.69, 9.17) is 31.0 Å². The molecule has 2 aromatic heterocycles. The maximum atomic E-state index is 6.58. The normalized spacial score (nSPS) is 17.7. The highest BCUT2D eigenvalue weighted by atomic mass is 35.5. The predicted molar refractivity (Wildman–Crippen MR) is 135 cm³/mol. The number of ether oxygens (including phenoxy) is 2. The quantitative estimate of drug-likeness (QED) is 0.479. The van der Waals surface area contributed by atoms with E-state index in [1.807, 2.05) is 25.1 Å². The molecule has 9 heteroatoms. The fourth-order valence-corrected chi connectivity index (χ4v) is 4.49. The van der Waals surface area contributed by atoms with Crippen LogP contribution in [0.4, 0.5) is 11.8 Å². The summed E-state index contributed by atoms with van der Waals surface area (Å²) in [6.45, 7) is 8.23. The van der Waals surface area contributed by atoms with E-state index in [1.165, 1.54) is 0 Å². The van der Waals surface area contributed by atoms with Gasteiger partial charge in [0.05, 0.1) is 41.4 Å². The summed E-state index contributed by atoms with van der Waals surface area (Å²) in [6, 6.07) is 7.49. The number of hydrogen-bond acceptors (Lipinski definition) is 8. The molecule has 0 amide bonds.